The minimum Gasteiger partial charge on any atom is -0.325 e. The van der Waals surface area contributed by atoms with E-state index in [4.69, 9.17) is 4.98 Å². The van der Waals surface area contributed by atoms with Crippen molar-refractivity contribution in [2.75, 3.05) is 11.1 Å². The molecule has 7 heteroatoms. The lowest BCUT2D eigenvalue weighted by molar-refractivity contribution is -0.113. The number of aryl methyl sites for hydroxylation is 2. The minimum absolute atomic E-state index is 0.0776. The topological polar surface area (TPSA) is 64.0 Å². The number of fused-ring (bicyclic) bond motifs is 3. The third-order valence-corrected chi connectivity index (χ3v) is 8.46. The standard InChI is InChI=1S/C24H27N3O2S2/c28-20(25-16-9-3-1-4-10-16)15-30-24-26-22-21(18-13-7-8-14-19(18)31-22)23(29)27(24)17-11-5-2-6-12-17/h1,3-4,9-10,17H,2,5-8,11-15H2,(H,25,28). The molecule has 1 amide bonds. The molecule has 3 aromatic rings. The maximum absolute atomic E-state index is 13.7. The molecule has 0 aliphatic heterocycles. The van der Waals surface area contributed by atoms with Crippen LogP contribution < -0.4 is 10.9 Å². The second kappa shape index (κ2) is 9.17. The Morgan fingerprint density at radius 2 is 1.87 bits per heavy atom. The highest BCUT2D eigenvalue weighted by Gasteiger charge is 2.26. The summed E-state index contributed by atoms with van der Waals surface area (Å²) >= 11 is 3.07. The Bertz CT molecular complexity index is 1150. The highest BCUT2D eigenvalue weighted by molar-refractivity contribution is 7.99. The summed E-state index contributed by atoms with van der Waals surface area (Å²) in [6, 6.07) is 9.67. The molecule has 31 heavy (non-hydrogen) atoms. The van der Waals surface area contributed by atoms with E-state index in [-0.39, 0.29) is 23.3 Å². The van der Waals surface area contributed by atoms with Crippen molar-refractivity contribution in [2.24, 2.45) is 0 Å². The Morgan fingerprint density at radius 1 is 1.10 bits per heavy atom. The van der Waals surface area contributed by atoms with Gasteiger partial charge in [-0.1, -0.05) is 49.2 Å². The molecule has 0 radical (unpaired) electrons. The molecule has 2 aromatic heterocycles. The Hall–Kier alpha value is -2.12. The summed E-state index contributed by atoms with van der Waals surface area (Å²) in [5.41, 5.74) is 2.14. The first-order valence-electron chi connectivity index (χ1n) is 11.2. The van der Waals surface area contributed by atoms with Crippen LogP contribution in [0, 0.1) is 0 Å². The smallest absolute Gasteiger partial charge is 0.263 e. The van der Waals surface area contributed by atoms with Gasteiger partial charge in [-0.05, 0) is 56.2 Å². The van der Waals surface area contributed by atoms with Crippen molar-refractivity contribution < 1.29 is 4.79 Å². The molecule has 1 saturated carbocycles. The Kier molecular flexibility index (Phi) is 6.14. The number of rotatable bonds is 5. The molecule has 1 fully saturated rings. The molecule has 5 nitrogen and oxygen atoms in total. The van der Waals surface area contributed by atoms with Gasteiger partial charge >= 0.3 is 0 Å². The van der Waals surface area contributed by atoms with Gasteiger partial charge in [0, 0.05) is 16.6 Å². The molecule has 2 heterocycles. The fraction of sp³-hybridized carbons (Fsp3) is 0.458. The lowest BCUT2D eigenvalue weighted by Crippen LogP contribution is -2.29. The minimum atomic E-state index is -0.0776. The van der Waals surface area contributed by atoms with E-state index in [2.05, 4.69) is 5.32 Å². The van der Waals surface area contributed by atoms with E-state index in [1.54, 1.807) is 11.3 Å². The average Bonchev–Trinajstić information content (AvgIpc) is 3.18. The van der Waals surface area contributed by atoms with Gasteiger partial charge in [0.05, 0.1) is 11.1 Å². The van der Waals surface area contributed by atoms with Crippen LogP contribution in [0.5, 0.6) is 0 Å². The fourth-order valence-electron chi connectivity index (χ4n) is 4.81. The number of amides is 1. The number of benzene rings is 1. The van der Waals surface area contributed by atoms with Crippen LogP contribution in [0.1, 0.15) is 61.4 Å². The zero-order valence-electron chi connectivity index (χ0n) is 17.6. The summed E-state index contributed by atoms with van der Waals surface area (Å²) in [7, 11) is 0. The molecule has 0 saturated heterocycles. The van der Waals surface area contributed by atoms with Crippen molar-refractivity contribution in [3.05, 3.63) is 51.1 Å². The number of para-hydroxylation sites is 1. The molecule has 1 aromatic carbocycles. The van der Waals surface area contributed by atoms with Crippen molar-refractivity contribution in [3.63, 3.8) is 0 Å². The van der Waals surface area contributed by atoms with Crippen LogP contribution in [0.4, 0.5) is 5.69 Å². The van der Waals surface area contributed by atoms with Crippen molar-refractivity contribution in [1.82, 2.24) is 9.55 Å². The summed E-state index contributed by atoms with van der Waals surface area (Å²) in [6.45, 7) is 0. The van der Waals surface area contributed by atoms with Gasteiger partial charge in [-0.2, -0.15) is 0 Å². The van der Waals surface area contributed by atoms with Gasteiger partial charge in [-0.15, -0.1) is 11.3 Å². The number of carbonyl (C=O) groups excluding carboxylic acids is 1. The van der Waals surface area contributed by atoms with Crippen molar-refractivity contribution in [2.45, 2.75) is 69.0 Å². The van der Waals surface area contributed by atoms with E-state index in [1.165, 1.54) is 35.0 Å². The number of aromatic nitrogens is 2. The lowest BCUT2D eigenvalue weighted by atomic mass is 9.94. The maximum atomic E-state index is 13.7. The predicted molar refractivity (Wildman–Crippen MR) is 128 cm³/mol. The maximum Gasteiger partial charge on any atom is 0.263 e. The predicted octanol–water partition coefficient (Wildman–Crippen LogP) is 5.57. The van der Waals surface area contributed by atoms with Gasteiger partial charge in [-0.25, -0.2) is 4.98 Å². The number of anilines is 1. The number of hydrogen-bond acceptors (Lipinski definition) is 5. The Morgan fingerprint density at radius 3 is 2.68 bits per heavy atom. The normalized spacial score (nSPS) is 16.9. The van der Waals surface area contributed by atoms with E-state index in [9.17, 15) is 9.59 Å². The van der Waals surface area contributed by atoms with Gasteiger partial charge in [0.2, 0.25) is 5.91 Å². The molecule has 2 aliphatic rings. The molecular weight excluding hydrogens is 426 g/mol. The van der Waals surface area contributed by atoms with Gasteiger partial charge in [0.15, 0.2) is 5.16 Å². The fourth-order valence-corrected chi connectivity index (χ4v) is 6.98. The van der Waals surface area contributed by atoms with Gasteiger partial charge in [0.1, 0.15) is 4.83 Å². The van der Waals surface area contributed by atoms with Crippen LogP contribution >= 0.6 is 23.1 Å². The first kappa shape index (κ1) is 20.8. The molecule has 5 rings (SSSR count). The Balaban J connectivity index is 1.48. The second-order valence-corrected chi connectivity index (χ2v) is 10.5. The molecule has 0 spiro atoms. The SMILES string of the molecule is O=C(CSc1nc2sc3c(c2c(=O)n1C1CCCCC1)CCCC3)Nc1ccccc1. The molecule has 162 valence electrons. The molecule has 0 bridgehead atoms. The molecular formula is C24H27N3O2S2. The monoisotopic (exact) mass is 453 g/mol. The summed E-state index contributed by atoms with van der Waals surface area (Å²) in [6.07, 6.45) is 9.95. The van der Waals surface area contributed by atoms with Crippen LogP contribution in [-0.2, 0) is 17.6 Å². The van der Waals surface area contributed by atoms with Crippen LogP contribution in [0.25, 0.3) is 10.2 Å². The first-order valence-corrected chi connectivity index (χ1v) is 13.1. The number of thioether (sulfide) groups is 1. The summed E-state index contributed by atoms with van der Waals surface area (Å²) in [4.78, 5) is 33.4. The van der Waals surface area contributed by atoms with Crippen LogP contribution in [0.15, 0.2) is 40.3 Å². The molecule has 0 unspecified atom stereocenters. The number of hydrogen-bond donors (Lipinski definition) is 1. The van der Waals surface area contributed by atoms with E-state index < -0.39 is 0 Å². The van der Waals surface area contributed by atoms with E-state index in [0.29, 0.717) is 5.16 Å². The second-order valence-electron chi connectivity index (χ2n) is 8.46. The van der Waals surface area contributed by atoms with Crippen LogP contribution in [0.3, 0.4) is 0 Å². The van der Waals surface area contributed by atoms with Crippen molar-refractivity contribution >= 4 is 44.9 Å². The highest BCUT2D eigenvalue weighted by atomic mass is 32.2. The molecule has 1 N–H and O–H groups in total. The quantitative estimate of drug-likeness (QED) is 0.405. The zero-order chi connectivity index (χ0) is 21.2. The van der Waals surface area contributed by atoms with Gasteiger partial charge < -0.3 is 5.32 Å². The highest BCUT2D eigenvalue weighted by Crippen LogP contribution is 2.37. The molecule has 0 atom stereocenters. The average molecular weight is 454 g/mol. The zero-order valence-corrected chi connectivity index (χ0v) is 19.2. The largest absolute Gasteiger partial charge is 0.325 e. The third-order valence-electron chi connectivity index (χ3n) is 6.32. The van der Waals surface area contributed by atoms with Crippen LogP contribution in [-0.4, -0.2) is 21.2 Å². The first-order chi connectivity index (χ1) is 15.2. The van der Waals surface area contributed by atoms with Crippen molar-refractivity contribution in [3.8, 4) is 0 Å². The summed E-state index contributed by atoms with van der Waals surface area (Å²) in [5, 5.41) is 4.48. The number of nitrogens with zero attached hydrogens (tertiary/aromatic N) is 2. The summed E-state index contributed by atoms with van der Waals surface area (Å²) < 4.78 is 1.93. The third kappa shape index (κ3) is 4.30. The Labute approximate surface area is 190 Å². The van der Waals surface area contributed by atoms with E-state index >= 15 is 0 Å². The number of carbonyl (C=O) groups is 1. The number of thiophene rings is 1. The van der Waals surface area contributed by atoms with Crippen LogP contribution in [0.2, 0.25) is 0 Å². The van der Waals surface area contributed by atoms with E-state index in [0.717, 1.165) is 60.8 Å². The van der Waals surface area contributed by atoms with E-state index in [1.807, 2.05) is 34.9 Å². The number of nitrogens with one attached hydrogen (secondary N) is 1. The van der Waals surface area contributed by atoms with Crippen molar-refractivity contribution in [1.29, 1.82) is 0 Å². The van der Waals surface area contributed by atoms with Gasteiger partial charge in [0.25, 0.3) is 5.56 Å². The summed E-state index contributed by atoms with van der Waals surface area (Å²) in [5.74, 6) is 0.163. The lowest BCUT2D eigenvalue weighted by Gasteiger charge is -2.26. The van der Waals surface area contributed by atoms with Gasteiger partial charge in [-0.3, -0.25) is 14.2 Å². The molecule has 2 aliphatic carbocycles.